The topological polar surface area (TPSA) is 44.8 Å². The molecule has 0 amide bonds. The van der Waals surface area contributed by atoms with Gasteiger partial charge in [0.05, 0.1) is 19.8 Å². The van der Waals surface area contributed by atoms with Crippen molar-refractivity contribution in [3.8, 4) is 16.9 Å². The molecule has 1 aliphatic rings. The Hall–Kier alpha value is -2.75. The van der Waals surface area contributed by atoms with Gasteiger partial charge in [-0.3, -0.25) is 4.79 Å². The van der Waals surface area contributed by atoms with E-state index in [1.807, 2.05) is 0 Å². The molecule has 0 N–H and O–H groups in total. The van der Waals surface area contributed by atoms with E-state index in [1.54, 1.807) is 0 Å². The molecule has 0 heterocycles. The fraction of sp³-hybridized carbons (Fsp3) is 0.464. The molecule has 172 valence electrons. The summed E-state index contributed by atoms with van der Waals surface area (Å²) in [6.07, 6.45) is 8.79. The molecule has 4 nitrogen and oxygen atoms in total. The Balaban J connectivity index is 1.50. The lowest BCUT2D eigenvalue weighted by molar-refractivity contribution is -0.141. The van der Waals surface area contributed by atoms with Gasteiger partial charge in [0.25, 0.3) is 0 Å². The maximum Gasteiger partial charge on any atom is 0.302 e. The first-order chi connectivity index (χ1) is 15.7. The number of hydrogen-bond donors (Lipinski definition) is 0. The van der Waals surface area contributed by atoms with E-state index in [9.17, 15) is 4.79 Å². The third kappa shape index (κ3) is 8.07. The predicted molar refractivity (Wildman–Crippen MR) is 129 cm³/mol. The van der Waals surface area contributed by atoms with Crippen LogP contribution in [0.25, 0.3) is 16.9 Å². The average molecular weight is 437 g/mol. The second-order valence-corrected chi connectivity index (χ2v) is 8.34. The summed E-state index contributed by atoms with van der Waals surface area (Å²) in [5.74, 6) is 1.73. The zero-order valence-corrected chi connectivity index (χ0v) is 19.5. The number of carbonyl (C=O) groups is 1. The molecule has 0 spiro atoms. The monoisotopic (exact) mass is 436 g/mol. The van der Waals surface area contributed by atoms with E-state index < -0.39 is 0 Å². The lowest BCUT2D eigenvalue weighted by atomic mass is 10.0. The average Bonchev–Trinajstić information content (AvgIpc) is 3.64. The van der Waals surface area contributed by atoms with E-state index in [0.717, 1.165) is 55.8 Å². The van der Waals surface area contributed by atoms with Crippen LogP contribution in [0.1, 0.15) is 70.8 Å². The maximum atomic E-state index is 10.8. The van der Waals surface area contributed by atoms with Gasteiger partial charge in [-0.05, 0) is 60.9 Å². The largest absolute Gasteiger partial charge is 0.494 e. The highest BCUT2D eigenvalue weighted by atomic mass is 16.5. The normalized spacial score (nSPS) is 12.4. The van der Waals surface area contributed by atoms with Gasteiger partial charge in [-0.25, -0.2) is 0 Å². The van der Waals surface area contributed by atoms with Crippen LogP contribution in [-0.2, 0) is 14.3 Å². The molecule has 2 aromatic carbocycles. The molecule has 4 heteroatoms. The van der Waals surface area contributed by atoms with Gasteiger partial charge in [0.15, 0.2) is 0 Å². The van der Waals surface area contributed by atoms with Crippen LogP contribution in [0.4, 0.5) is 0 Å². The Morgan fingerprint density at radius 3 is 1.94 bits per heavy atom. The molecule has 0 atom stereocenters. The van der Waals surface area contributed by atoms with Gasteiger partial charge in [-0.1, -0.05) is 62.6 Å². The zero-order valence-electron chi connectivity index (χ0n) is 19.5. The van der Waals surface area contributed by atoms with Crippen molar-refractivity contribution in [3.05, 3.63) is 59.7 Å². The quantitative estimate of drug-likeness (QED) is 0.179. The zero-order chi connectivity index (χ0) is 22.6. The summed E-state index contributed by atoms with van der Waals surface area (Å²) in [4.78, 5) is 10.8. The Labute approximate surface area is 192 Å². The van der Waals surface area contributed by atoms with Crippen LogP contribution < -0.4 is 4.74 Å². The number of allylic oxidation sites excluding steroid dienone is 1. The molecule has 1 saturated carbocycles. The minimum atomic E-state index is -0.226. The first-order valence-electron chi connectivity index (χ1n) is 12.0. The maximum absolute atomic E-state index is 10.8. The Kier molecular flexibility index (Phi) is 9.67. The van der Waals surface area contributed by atoms with Gasteiger partial charge in [0, 0.05) is 12.5 Å². The number of hydrogen-bond acceptors (Lipinski definition) is 4. The highest BCUT2D eigenvalue weighted by molar-refractivity contribution is 5.71. The van der Waals surface area contributed by atoms with Gasteiger partial charge < -0.3 is 14.2 Å². The van der Waals surface area contributed by atoms with Crippen LogP contribution in [0.2, 0.25) is 0 Å². The van der Waals surface area contributed by atoms with E-state index >= 15 is 0 Å². The fourth-order valence-electron chi connectivity index (χ4n) is 3.55. The van der Waals surface area contributed by atoms with Crippen molar-refractivity contribution in [2.45, 2.75) is 65.2 Å². The van der Waals surface area contributed by atoms with Crippen LogP contribution >= 0.6 is 0 Å². The summed E-state index contributed by atoms with van der Waals surface area (Å²) >= 11 is 0. The number of rotatable bonds is 14. The van der Waals surface area contributed by atoms with E-state index in [0.29, 0.717) is 13.2 Å². The number of ether oxygens (including phenoxy) is 3. The highest BCUT2D eigenvalue weighted by Crippen LogP contribution is 2.37. The minimum Gasteiger partial charge on any atom is -0.494 e. The summed E-state index contributed by atoms with van der Waals surface area (Å²) in [5, 5.41) is 0. The fourth-order valence-corrected chi connectivity index (χ4v) is 3.55. The smallest absolute Gasteiger partial charge is 0.302 e. The van der Waals surface area contributed by atoms with Crippen molar-refractivity contribution in [1.29, 1.82) is 0 Å². The molecule has 0 saturated heterocycles. The minimum absolute atomic E-state index is 0.226. The summed E-state index contributed by atoms with van der Waals surface area (Å²) in [6, 6.07) is 17.0. The predicted octanol–water partition coefficient (Wildman–Crippen LogP) is 7.18. The summed E-state index contributed by atoms with van der Waals surface area (Å²) in [6.45, 7) is 5.55. The Bertz CT molecular complexity index is 859. The van der Waals surface area contributed by atoms with Gasteiger partial charge in [-0.15, -0.1) is 0 Å². The van der Waals surface area contributed by atoms with Gasteiger partial charge >= 0.3 is 5.97 Å². The lowest BCUT2D eigenvalue weighted by Gasteiger charge is -2.12. The first kappa shape index (κ1) is 23.9. The summed E-state index contributed by atoms with van der Waals surface area (Å²) in [5.41, 5.74) is 4.89. The second-order valence-electron chi connectivity index (χ2n) is 8.34. The van der Waals surface area contributed by atoms with Gasteiger partial charge in [-0.2, -0.15) is 0 Å². The van der Waals surface area contributed by atoms with E-state index in [-0.39, 0.29) is 5.97 Å². The highest BCUT2D eigenvalue weighted by Gasteiger charge is 2.20. The summed E-state index contributed by atoms with van der Waals surface area (Å²) < 4.78 is 16.9. The number of benzene rings is 2. The molecular weight excluding hydrogens is 400 g/mol. The molecule has 0 bridgehead atoms. The van der Waals surface area contributed by atoms with Crippen molar-refractivity contribution in [2.24, 2.45) is 0 Å². The van der Waals surface area contributed by atoms with Crippen molar-refractivity contribution in [3.63, 3.8) is 0 Å². The van der Waals surface area contributed by atoms with Gasteiger partial charge in [0.1, 0.15) is 11.5 Å². The van der Waals surface area contributed by atoms with E-state index in [4.69, 9.17) is 14.2 Å². The molecule has 0 unspecified atom stereocenters. The molecule has 0 radical (unpaired) electrons. The van der Waals surface area contributed by atoms with Crippen molar-refractivity contribution >= 4 is 11.7 Å². The molecule has 2 aromatic rings. The van der Waals surface area contributed by atoms with Crippen LogP contribution in [0.5, 0.6) is 5.75 Å². The van der Waals surface area contributed by atoms with Gasteiger partial charge in [0.2, 0.25) is 0 Å². The molecule has 0 aromatic heterocycles. The van der Waals surface area contributed by atoms with Crippen molar-refractivity contribution in [2.75, 3.05) is 19.8 Å². The second kappa shape index (κ2) is 12.9. The third-order valence-electron chi connectivity index (χ3n) is 5.51. The van der Waals surface area contributed by atoms with E-state index in [1.165, 1.54) is 42.9 Å². The molecule has 32 heavy (non-hydrogen) atoms. The third-order valence-corrected chi connectivity index (χ3v) is 5.51. The summed E-state index contributed by atoms with van der Waals surface area (Å²) in [7, 11) is 0. The molecular formula is C28H36O4. The van der Waals surface area contributed by atoms with Crippen LogP contribution in [-0.4, -0.2) is 25.8 Å². The standard InChI is InChI=1S/C28H36O4/c1-3-4-5-6-20-31-27-17-15-24(16-18-27)23-9-11-25(12-10-23)28(26-13-14-26)32-21-8-7-19-30-22(2)29/h9-12,15-18H,3-8,13-14,19-21H2,1-2H3. The SMILES string of the molecule is CCCCCCOc1ccc(-c2ccc(C(OCCCCOC(C)=O)=C3CC3)cc2)cc1. The molecule has 1 aliphatic carbocycles. The lowest BCUT2D eigenvalue weighted by Crippen LogP contribution is -2.02. The number of carbonyl (C=O) groups excluding carboxylic acids is 1. The Morgan fingerprint density at radius 1 is 0.750 bits per heavy atom. The number of esters is 1. The van der Waals surface area contributed by atoms with Crippen LogP contribution in [0.3, 0.4) is 0 Å². The first-order valence-corrected chi connectivity index (χ1v) is 12.0. The van der Waals surface area contributed by atoms with Crippen molar-refractivity contribution in [1.82, 2.24) is 0 Å². The molecule has 3 rings (SSSR count). The molecule has 1 fully saturated rings. The van der Waals surface area contributed by atoms with Crippen LogP contribution in [0, 0.1) is 0 Å². The van der Waals surface area contributed by atoms with Crippen LogP contribution in [0.15, 0.2) is 54.1 Å². The molecule has 0 aliphatic heterocycles. The number of unbranched alkanes of at least 4 members (excludes halogenated alkanes) is 4. The van der Waals surface area contributed by atoms with E-state index in [2.05, 4.69) is 55.5 Å². The Morgan fingerprint density at radius 2 is 1.34 bits per heavy atom. The van der Waals surface area contributed by atoms with Crippen molar-refractivity contribution < 1.29 is 19.0 Å².